The molecule has 3 atom stereocenters. The molecule has 40 heavy (non-hydrogen) atoms. The zero-order valence-corrected chi connectivity index (χ0v) is 22.7. The average molecular weight is 534 g/mol. The van der Waals surface area contributed by atoms with Crippen molar-refractivity contribution < 1.29 is 14.6 Å². The van der Waals surface area contributed by atoms with Gasteiger partial charge in [0.2, 0.25) is 0 Å². The Labute approximate surface area is 235 Å². The second-order valence-corrected chi connectivity index (χ2v) is 9.80. The number of amidine groups is 1. The number of carbonyl (C=O) groups excluding carboxylic acids is 1. The van der Waals surface area contributed by atoms with Crippen molar-refractivity contribution in [3.8, 4) is 11.1 Å². The van der Waals surface area contributed by atoms with Crippen molar-refractivity contribution in [2.75, 3.05) is 7.11 Å². The number of nitrogen functional groups attached to an aromatic ring is 1. The number of carbonyl (C=O) groups is 1. The summed E-state index contributed by atoms with van der Waals surface area (Å²) in [5.74, 6) is -1.11. The first kappa shape index (κ1) is 28.5. The zero-order valence-electron chi connectivity index (χ0n) is 22.7. The fourth-order valence-corrected chi connectivity index (χ4v) is 4.67. The topological polar surface area (TPSA) is 108 Å². The third-order valence-corrected chi connectivity index (χ3v) is 6.85. The highest BCUT2D eigenvalue weighted by molar-refractivity contribution is 5.95. The Morgan fingerprint density at radius 2 is 1.68 bits per heavy atom. The number of benzene rings is 4. The largest absolute Gasteiger partial charge is 0.469 e. The van der Waals surface area contributed by atoms with Gasteiger partial charge in [-0.3, -0.25) is 15.5 Å². The maximum absolute atomic E-state index is 13.1. The zero-order chi connectivity index (χ0) is 28.5. The highest BCUT2D eigenvalue weighted by Crippen LogP contribution is 2.24. The first-order valence-electron chi connectivity index (χ1n) is 13.2. The molecular formula is C34H35N3O3. The molecule has 0 heterocycles. The Balaban J connectivity index is 1.62. The Bertz CT molecular complexity index is 1470. The van der Waals surface area contributed by atoms with Gasteiger partial charge in [0, 0.05) is 11.6 Å². The molecule has 0 aliphatic carbocycles. The van der Waals surface area contributed by atoms with Crippen LogP contribution in [-0.2, 0) is 16.0 Å². The van der Waals surface area contributed by atoms with E-state index in [1.165, 1.54) is 12.7 Å². The van der Waals surface area contributed by atoms with E-state index in [4.69, 9.17) is 15.9 Å². The molecule has 4 aromatic rings. The van der Waals surface area contributed by atoms with Gasteiger partial charge in [-0.1, -0.05) is 115 Å². The van der Waals surface area contributed by atoms with E-state index in [0.717, 1.165) is 22.3 Å². The molecule has 0 aromatic heterocycles. The standard InChI is InChI=1S/C34H35N3O3/c1-23-8-6-12-28(20-23)26-15-17-27(18-16-26)33(38)37-31(19-14-24-9-4-3-5-10-24)30(34(39)40-2)22-25-11-7-13-29(21-25)32(35)36/h3-21,30-31,33,37-38H,22H2,1-2H3,(H3,35,36)/b19-14+/t30-,31?,33?/m1/s1. The van der Waals surface area contributed by atoms with Crippen LogP contribution in [0.2, 0.25) is 0 Å². The van der Waals surface area contributed by atoms with Crippen LogP contribution < -0.4 is 11.1 Å². The van der Waals surface area contributed by atoms with Gasteiger partial charge in [-0.25, -0.2) is 0 Å². The quantitative estimate of drug-likeness (QED) is 0.0864. The maximum atomic E-state index is 13.1. The van der Waals surface area contributed by atoms with E-state index in [2.05, 4.69) is 30.4 Å². The minimum absolute atomic E-state index is 0.0420. The third-order valence-electron chi connectivity index (χ3n) is 6.85. The minimum Gasteiger partial charge on any atom is -0.469 e. The minimum atomic E-state index is -1.03. The van der Waals surface area contributed by atoms with Gasteiger partial charge in [0.25, 0.3) is 0 Å². The monoisotopic (exact) mass is 533 g/mol. The molecule has 5 N–H and O–H groups in total. The van der Waals surface area contributed by atoms with Gasteiger partial charge >= 0.3 is 5.97 Å². The van der Waals surface area contributed by atoms with Gasteiger partial charge in [0.05, 0.1) is 13.0 Å². The number of nitrogens with one attached hydrogen (secondary N) is 2. The van der Waals surface area contributed by atoms with Gasteiger partial charge in [-0.15, -0.1) is 0 Å². The molecule has 0 bridgehead atoms. The van der Waals surface area contributed by atoms with Gasteiger partial charge < -0.3 is 15.6 Å². The van der Waals surface area contributed by atoms with Gasteiger partial charge in [-0.05, 0) is 47.2 Å². The molecule has 0 saturated heterocycles. The molecule has 6 heteroatoms. The predicted octanol–water partition coefficient (Wildman–Crippen LogP) is 5.64. The predicted molar refractivity (Wildman–Crippen MR) is 161 cm³/mol. The lowest BCUT2D eigenvalue weighted by atomic mass is 9.90. The molecule has 0 spiro atoms. The van der Waals surface area contributed by atoms with Crippen LogP contribution in [0.4, 0.5) is 0 Å². The molecule has 0 saturated carbocycles. The maximum Gasteiger partial charge on any atom is 0.310 e. The summed E-state index contributed by atoms with van der Waals surface area (Å²) < 4.78 is 5.20. The average Bonchev–Trinajstić information content (AvgIpc) is 2.98. The van der Waals surface area contributed by atoms with Crippen molar-refractivity contribution in [2.45, 2.75) is 25.6 Å². The van der Waals surface area contributed by atoms with Crippen molar-refractivity contribution in [2.24, 2.45) is 11.7 Å². The fourth-order valence-electron chi connectivity index (χ4n) is 4.67. The van der Waals surface area contributed by atoms with Crippen LogP contribution in [0, 0.1) is 18.3 Å². The van der Waals surface area contributed by atoms with Crippen molar-refractivity contribution in [3.63, 3.8) is 0 Å². The number of nitrogens with two attached hydrogens (primary N) is 1. The molecule has 2 unspecified atom stereocenters. The number of rotatable bonds is 11. The molecule has 0 aliphatic heterocycles. The van der Waals surface area contributed by atoms with E-state index in [1.54, 1.807) is 12.1 Å². The van der Waals surface area contributed by atoms with Crippen molar-refractivity contribution >= 4 is 17.9 Å². The number of esters is 1. The molecule has 4 rings (SSSR count). The van der Waals surface area contributed by atoms with E-state index in [1.807, 2.05) is 84.9 Å². The summed E-state index contributed by atoms with van der Waals surface area (Å²) in [5, 5.41) is 22.3. The lowest BCUT2D eigenvalue weighted by Crippen LogP contribution is -2.42. The summed E-state index contributed by atoms with van der Waals surface area (Å²) in [6.45, 7) is 2.06. The van der Waals surface area contributed by atoms with E-state index in [0.29, 0.717) is 17.5 Å². The molecule has 0 amide bonds. The van der Waals surface area contributed by atoms with Gasteiger partial charge in [-0.2, -0.15) is 0 Å². The van der Waals surface area contributed by atoms with Crippen LogP contribution in [0.25, 0.3) is 17.2 Å². The van der Waals surface area contributed by atoms with Crippen LogP contribution in [0.3, 0.4) is 0 Å². The summed E-state index contributed by atoms with van der Waals surface area (Å²) >= 11 is 0. The molecular weight excluding hydrogens is 498 g/mol. The first-order chi connectivity index (χ1) is 19.3. The third kappa shape index (κ3) is 7.53. The molecule has 0 radical (unpaired) electrons. The van der Waals surface area contributed by atoms with Crippen LogP contribution in [0.1, 0.15) is 34.0 Å². The lowest BCUT2D eigenvalue weighted by molar-refractivity contribution is -0.146. The number of methoxy groups -OCH3 is 1. The SMILES string of the molecule is COC(=O)[C@H](Cc1cccc(C(=N)N)c1)C(/C=C/c1ccccc1)NC(O)c1ccc(-c2cccc(C)c2)cc1. The molecule has 6 nitrogen and oxygen atoms in total. The molecule has 0 aliphatic rings. The van der Waals surface area contributed by atoms with Crippen LogP contribution in [0.5, 0.6) is 0 Å². The van der Waals surface area contributed by atoms with Crippen molar-refractivity contribution in [1.29, 1.82) is 5.41 Å². The Kier molecular flexibility index (Phi) is 9.62. The van der Waals surface area contributed by atoms with Crippen LogP contribution in [-0.4, -0.2) is 30.1 Å². The molecule has 0 fully saturated rings. The highest BCUT2D eigenvalue weighted by atomic mass is 16.5. The normalized spacial score (nSPS) is 13.5. The number of ether oxygens (including phenoxy) is 1. The number of aliphatic hydroxyl groups is 1. The Hall–Kier alpha value is -4.52. The van der Waals surface area contributed by atoms with E-state index >= 15 is 0 Å². The number of hydrogen-bond acceptors (Lipinski definition) is 5. The fraction of sp³-hybridized carbons (Fsp3) is 0.176. The second-order valence-electron chi connectivity index (χ2n) is 9.80. The summed E-state index contributed by atoms with van der Waals surface area (Å²) in [6.07, 6.45) is 3.10. The van der Waals surface area contributed by atoms with Crippen molar-refractivity contribution in [1.82, 2.24) is 5.32 Å². The summed E-state index contributed by atoms with van der Waals surface area (Å²) in [4.78, 5) is 13.1. The Morgan fingerprint density at radius 1 is 0.950 bits per heavy atom. The van der Waals surface area contributed by atoms with E-state index in [-0.39, 0.29) is 5.84 Å². The van der Waals surface area contributed by atoms with Crippen molar-refractivity contribution in [3.05, 3.63) is 137 Å². The Morgan fingerprint density at radius 3 is 2.35 bits per heavy atom. The number of hydrogen-bond donors (Lipinski definition) is 4. The van der Waals surface area contributed by atoms with Crippen LogP contribution in [0.15, 0.2) is 109 Å². The summed E-state index contributed by atoms with van der Waals surface area (Å²) in [7, 11) is 1.36. The molecule has 204 valence electrons. The van der Waals surface area contributed by atoms with E-state index in [9.17, 15) is 9.90 Å². The number of aryl methyl sites for hydroxylation is 1. The lowest BCUT2D eigenvalue weighted by Gasteiger charge is -2.27. The number of aliphatic hydroxyl groups excluding tert-OH is 1. The summed E-state index contributed by atoms with van der Waals surface area (Å²) in [5.41, 5.74) is 12.1. The smallest absolute Gasteiger partial charge is 0.310 e. The summed E-state index contributed by atoms with van der Waals surface area (Å²) in [6, 6.07) is 32.5. The molecule has 4 aromatic carbocycles. The first-order valence-corrected chi connectivity index (χ1v) is 13.2. The van der Waals surface area contributed by atoms with E-state index < -0.39 is 24.2 Å². The second kappa shape index (κ2) is 13.5. The van der Waals surface area contributed by atoms with Crippen LogP contribution >= 0.6 is 0 Å². The highest BCUT2D eigenvalue weighted by Gasteiger charge is 2.30. The van der Waals surface area contributed by atoms with Gasteiger partial charge in [0.1, 0.15) is 12.1 Å². The van der Waals surface area contributed by atoms with Gasteiger partial charge in [0.15, 0.2) is 0 Å².